The van der Waals surface area contributed by atoms with Gasteiger partial charge in [0.05, 0.1) is 18.5 Å². The molecule has 0 amide bonds. The highest BCUT2D eigenvalue weighted by Crippen LogP contribution is 2.22. The van der Waals surface area contributed by atoms with Crippen molar-refractivity contribution in [2.45, 2.75) is 33.2 Å². The monoisotopic (exact) mass is 295 g/mol. The van der Waals surface area contributed by atoms with Gasteiger partial charge in [0.1, 0.15) is 5.82 Å². The first-order chi connectivity index (χ1) is 9.43. The number of nitrogens with one attached hydrogen (secondary N) is 1. The average Bonchev–Trinajstić information content (AvgIpc) is 3.00. The maximum Gasteiger partial charge on any atom is 0.333 e. The molecule has 0 aliphatic carbocycles. The van der Waals surface area contributed by atoms with Crippen LogP contribution in [0.4, 0.5) is 10.8 Å². The van der Waals surface area contributed by atoms with Gasteiger partial charge in [-0.05, 0) is 27.7 Å². The molecular weight excluding hydrogens is 278 g/mol. The third-order valence-electron chi connectivity index (χ3n) is 2.71. The SMILES string of the molecule is CCOC(=O)C(C)(C)n1cc(Nc2nc(C)ns2)cn1. The third-order valence-corrected chi connectivity index (χ3v) is 3.43. The number of carbonyl (C=O) groups is 1. The van der Waals surface area contributed by atoms with Crippen molar-refractivity contribution >= 4 is 28.3 Å². The minimum atomic E-state index is -0.854. The Balaban J connectivity index is 2.14. The largest absolute Gasteiger partial charge is 0.464 e. The van der Waals surface area contributed by atoms with Gasteiger partial charge < -0.3 is 10.1 Å². The summed E-state index contributed by atoms with van der Waals surface area (Å²) in [7, 11) is 0. The Morgan fingerprint density at radius 1 is 1.55 bits per heavy atom. The summed E-state index contributed by atoms with van der Waals surface area (Å²) in [6.07, 6.45) is 3.38. The molecule has 0 aliphatic rings. The Morgan fingerprint density at radius 3 is 2.90 bits per heavy atom. The molecule has 108 valence electrons. The Labute approximate surface area is 121 Å². The Hall–Kier alpha value is -1.96. The predicted molar refractivity (Wildman–Crippen MR) is 76.1 cm³/mol. The lowest BCUT2D eigenvalue weighted by Gasteiger charge is -2.22. The van der Waals surface area contributed by atoms with Crippen LogP contribution >= 0.6 is 11.5 Å². The lowest BCUT2D eigenvalue weighted by atomic mass is 10.1. The van der Waals surface area contributed by atoms with Gasteiger partial charge in [0.25, 0.3) is 0 Å². The maximum atomic E-state index is 11.9. The summed E-state index contributed by atoms with van der Waals surface area (Å²) in [5, 5.41) is 7.99. The fraction of sp³-hybridized carbons (Fsp3) is 0.500. The molecule has 0 unspecified atom stereocenters. The maximum absolute atomic E-state index is 11.9. The minimum absolute atomic E-state index is 0.318. The fourth-order valence-electron chi connectivity index (χ4n) is 1.57. The average molecular weight is 295 g/mol. The fourth-order valence-corrected chi connectivity index (χ4v) is 2.16. The molecule has 20 heavy (non-hydrogen) atoms. The van der Waals surface area contributed by atoms with Crippen molar-refractivity contribution in [1.29, 1.82) is 0 Å². The summed E-state index contributed by atoms with van der Waals surface area (Å²) in [4.78, 5) is 16.1. The number of hydrogen-bond donors (Lipinski definition) is 1. The van der Waals surface area contributed by atoms with Crippen LogP contribution in [0.1, 0.15) is 26.6 Å². The molecule has 0 radical (unpaired) electrons. The molecule has 1 N–H and O–H groups in total. The molecule has 0 aromatic carbocycles. The molecule has 0 fully saturated rings. The van der Waals surface area contributed by atoms with Crippen molar-refractivity contribution in [3.8, 4) is 0 Å². The van der Waals surface area contributed by atoms with Gasteiger partial charge in [-0.15, -0.1) is 0 Å². The van der Waals surface area contributed by atoms with Gasteiger partial charge in [0, 0.05) is 17.7 Å². The van der Waals surface area contributed by atoms with Crippen LogP contribution in [0.25, 0.3) is 0 Å². The number of aromatic nitrogens is 4. The lowest BCUT2D eigenvalue weighted by molar-refractivity contribution is -0.152. The quantitative estimate of drug-likeness (QED) is 0.850. The highest BCUT2D eigenvalue weighted by molar-refractivity contribution is 7.09. The zero-order valence-corrected chi connectivity index (χ0v) is 12.7. The zero-order valence-electron chi connectivity index (χ0n) is 11.9. The summed E-state index contributed by atoms with van der Waals surface area (Å²) in [5.41, 5.74) is -0.106. The van der Waals surface area contributed by atoms with Crippen LogP contribution in [-0.4, -0.2) is 31.7 Å². The van der Waals surface area contributed by atoms with Crippen LogP contribution < -0.4 is 5.32 Å². The molecule has 0 bridgehead atoms. The second-order valence-corrected chi connectivity index (χ2v) is 5.48. The molecule has 2 aromatic rings. The van der Waals surface area contributed by atoms with Gasteiger partial charge in [0.15, 0.2) is 5.54 Å². The molecular formula is C12H17N5O2S. The van der Waals surface area contributed by atoms with Crippen molar-refractivity contribution in [3.05, 3.63) is 18.2 Å². The summed E-state index contributed by atoms with van der Waals surface area (Å²) < 4.78 is 10.7. The normalized spacial score (nSPS) is 11.4. The zero-order chi connectivity index (χ0) is 14.8. The lowest BCUT2D eigenvalue weighted by Crippen LogP contribution is -2.37. The standard InChI is InChI=1S/C12H17N5O2S/c1-5-19-10(18)12(3,4)17-7-9(6-13-17)15-11-14-8(2)16-20-11/h6-7H,5H2,1-4H3,(H,14,15,16). The van der Waals surface area contributed by atoms with Crippen molar-refractivity contribution in [1.82, 2.24) is 19.1 Å². The van der Waals surface area contributed by atoms with Crippen LogP contribution in [0.2, 0.25) is 0 Å². The molecule has 0 saturated carbocycles. The summed E-state index contributed by atoms with van der Waals surface area (Å²) in [5.74, 6) is 0.401. The number of hydrogen-bond acceptors (Lipinski definition) is 7. The van der Waals surface area contributed by atoms with E-state index in [1.54, 1.807) is 37.8 Å². The van der Waals surface area contributed by atoms with Crippen molar-refractivity contribution in [3.63, 3.8) is 0 Å². The van der Waals surface area contributed by atoms with Crippen LogP contribution in [0.15, 0.2) is 12.4 Å². The molecule has 0 saturated heterocycles. The molecule has 7 nitrogen and oxygen atoms in total. The number of anilines is 2. The molecule has 2 rings (SSSR count). The molecule has 2 aromatic heterocycles. The molecule has 0 aliphatic heterocycles. The first-order valence-electron chi connectivity index (χ1n) is 6.23. The minimum Gasteiger partial charge on any atom is -0.464 e. The van der Waals surface area contributed by atoms with Crippen molar-refractivity contribution in [2.75, 3.05) is 11.9 Å². The Bertz CT molecular complexity index is 605. The van der Waals surface area contributed by atoms with Crippen molar-refractivity contribution < 1.29 is 9.53 Å². The van der Waals surface area contributed by atoms with E-state index in [4.69, 9.17) is 4.74 Å². The van der Waals surface area contributed by atoms with Gasteiger partial charge in [-0.3, -0.25) is 4.68 Å². The van der Waals surface area contributed by atoms with E-state index in [1.165, 1.54) is 11.5 Å². The second-order valence-electron chi connectivity index (χ2n) is 4.72. The number of ether oxygens (including phenoxy) is 1. The van der Waals surface area contributed by atoms with E-state index in [9.17, 15) is 4.79 Å². The molecule has 0 atom stereocenters. The third kappa shape index (κ3) is 2.96. The Morgan fingerprint density at radius 2 is 2.30 bits per heavy atom. The van der Waals surface area contributed by atoms with E-state index in [0.717, 1.165) is 11.5 Å². The topological polar surface area (TPSA) is 81.9 Å². The summed E-state index contributed by atoms with van der Waals surface area (Å²) >= 11 is 1.27. The van der Waals surface area contributed by atoms with Gasteiger partial charge in [-0.2, -0.15) is 9.47 Å². The number of rotatable bonds is 5. The van der Waals surface area contributed by atoms with E-state index < -0.39 is 5.54 Å². The highest BCUT2D eigenvalue weighted by atomic mass is 32.1. The van der Waals surface area contributed by atoms with E-state index in [0.29, 0.717) is 11.7 Å². The van der Waals surface area contributed by atoms with Gasteiger partial charge in [0.2, 0.25) is 5.13 Å². The van der Waals surface area contributed by atoms with Gasteiger partial charge >= 0.3 is 5.97 Å². The summed E-state index contributed by atoms with van der Waals surface area (Å²) in [6, 6.07) is 0. The van der Waals surface area contributed by atoms with E-state index in [2.05, 4.69) is 19.8 Å². The first-order valence-corrected chi connectivity index (χ1v) is 7.00. The number of esters is 1. The number of aryl methyl sites for hydroxylation is 1. The molecule has 0 spiro atoms. The number of carbonyl (C=O) groups excluding carboxylic acids is 1. The second kappa shape index (κ2) is 5.58. The van der Waals surface area contributed by atoms with E-state index >= 15 is 0 Å². The Kier molecular flexibility index (Phi) is 4.03. The van der Waals surface area contributed by atoms with Gasteiger partial charge in [-0.1, -0.05) is 0 Å². The summed E-state index contributed by atoms with van der Waals surface area (Å²) in [6.45, 7) is 7.48. The van der Waals surface area contributed by atoms with Crippen LogP contribution in [0.5, 0.6) is 0 Å². The van der Waals surface area contributed by atoms with Gasteiger partial charge in [-0.25, -0.2) is 9.78 Å². The van der Waals surface area contributed by atoms with E-state index in [-0.39, 0.29) is 5.97 Å². The highest BCUT2D eigenvalue weighted by Gasteiger charge is 2.32. The molecule has 8 heteroatoms. The predicted octanol–water partition coefficient (Wildman–Crippen LogP) is 2.08. The molecule has 2 heterocycles. The smallest absolute Gasteiger partial charge is 0.333 e. The van der Waals surface area contributed by atoms with Crippen LogP contribution in [-0.2, 0) is 15.1 Å². The van der Waals surface area contributed by atoms with Crippen LogP contribution in [0.3, 0.4) is 0 Å². The van der Waals surface area contributed by atoms with Crippen LogP contribution in [0, 0.1) is 6.92 Å². The van der Waals surface area contributed by atoms with E-state index in [1.807, 2.05) is 6.92 Å². The first kappa shape index (κ1) is 14.4. The van der Waals surface area contributed by atoms with Crippen molar-refractivity contribution in [2.24, 2.45) is 0 Å². The number of nitrogens with zero attached hydrogens (tertiary/aromatic N) is 4.